The molecule has 0 fully saturated rings. The first kappa shape index (κ1) is 12.7. The van der Waals surface area contributed by atoms with Gasteiger partial charge in [0.15, 0.2) is 0 Å². The standard InChI is InChI=1S/C10H13BrN4OS/c1-16-3-2-15-10(7(11)4-14-15)9(12)8-5-13-6-17-8/h4-6,9H,2-3,12H2,1H3. The Bertz CT molecular complexity index is 471. The van der Waals surface area contributed by atoms with E-state index in [0.29, 0.717) is 13.2 Å². The van der Waals surface area contributed by atoms with Crippen LogP contribution in [-0.4, -0.2) is 28.5 Å². The van der Waals surface area contributed by atoms with Crippen LogP contribution in [0.3, 0.4) is 0 Å². The number of rotatable bonds is 5. The van der Waals surface area contributed by atoms with Crippen LogP contribution < -0.4 is 5.73 Å². The zero-order valence-electron chi connectivity index (χ0n) is 9.34. The van der Waals surface area contributed by atoms with Crippen LogP contribution in [0.25, 0.3) is 0 Å². The summed E-state index contributed by atoms with van der Waals surface area (Å²) in [6.07, 6.45) is 3.54. The lowest BCUT2D eigenvalue weighted by molar-refractivity contribution is 0.182. The van der Waals surface area contributed by atoms with Gasteiger partial charge in [-0.25, -0.2) is 0 Å². The highest BCUT2D eigenvalue weighted by Crippen LogP contribution is 2.28. The molecule has 0 aliphatic rings. The minimum atomic E-state index is -0.212. The van der Waals surface area contributed by atoms with Crippen molar-refractivity contribution in [3.8, 4) is 0 Å². The summed E-state index contributed by atoms with van der Waals surface area (Å²) < 4.78 is 7.82. The minimum absolute atomic E-state index is 0.212. The first-order chi connectivity index (χ1) is 8.24. The third kappa shape index (κ3) is 2.74. The van der Waals surface area contributed by atoms with Gasteiger partial charge in [-0.1, -0.05) is 0 Å². The lowest BCUT2D eigenvalue weighted by Crippen LogP contribution is -2.18. The van der Waals surface area contributed by atoms with Crippen LogP contribution >= 0.6 is 27.3 Å². The number of aromatic nitrogens is 3. The molecule has 92 valence electrons. The van der Waals surface area contributed by atoms with Gasteiger partial charge in [-0.05, 0) is 15.9 Å². The van der Waals surface area contributed by atoms with Gasteiger partial charge in [-0.3, -0.25) is 9.67 Å². The average molecular weight is 317 g/mol. The van der Waals surface area contributed by atoms with Crippen LogP contribution in [0.4, 0.5) is 0 Å². The van der Waals surface area contributed by atoms with Crippen LogP contribution in [-0.2, 0) is 11.3 Å². The van der Waals surface area contributed by atoms with Gasteiger partial charge in [0, 0.05) is 18.2 Å². The third-order valence-corrected chi connectivity index (χ3v) is 3.86. The van der Waals surface area contributed by atoms with Gasteiger partial charge in [0.05, 0.1) is 41.1 Å². The monoisotopic (exact) mass is 316 g/mol. The van der Waals surface area contributed by atoms with Crippen molar-refractivity contribution in [1.29, 1.82) is 0 Å². The number of ether oxygens (including phenoxy) is 1. The fourth-order valence-electron chi connectivity index (χ4n) is 1.55. The Hall–Kier alpha value is -0.760. The number of thiazole rings is 1. The topological polar surface area (TPSA) is 66.0 Å². The second kappa shape index (κ2) is 5.72. The maximum absolute atomic E-state index is 6.22. The van der Waals surface area contributed by atoms with E-state index >= 15 is 0 Å². The Morgan fingerprint density at radius 3 is 3.06 bits per heavy atom. The lowest BCUT2D eigenvalue weighted by Gasteiger charge is -2.13. The molecule has 5 nitrogen and oxygen atoms in total. The van der Waals surface area contributed by atoms with Crippen LogP contribution in [0.1, 0.15) is 16.6 Å². The Morgan fingerprint density at radius 1 is 1.59 bits per heavy atom. The molecule has 0 aromatic carbocycles. The van der Waals surface area contributed by atoms with Crippen molar-refractivity contribution in [3.05, 3.63) is 32.9 Å². The van der Waals surface area contributed by atoms with Crippen molar-refractivity contribution in [2.24, 2.45) is 5.73 Å². The first-order valence-electron chi connectivity index (χ1n) is 5.08. The van der Waals surface area contributed by atoms with Gasteiger partial charge in [-0.2, -0.15) is 5.10 Å². The number of nitrogens with two attached hydrogens (primary N) is 1. The largest absolute Gasteiger partial charge is 0.383 e. The average Bonchev–Trinajstić information content (AvgIpc) is 2.95. The summed E-state index contributed by atoms with van der Waals surface area (Å²) in [7, 11) is 1.67. The molecule has 0 saturated heterocycles. The quantitative estimate of drug-likeness (QED) is 0.913. The zero-order chi connectivity index (χ0) is 12.3. The van der Waals surface area contributed by atoms with Gasteiger partial charge in [-0.15, -0.1) is 11.3 Å². The highest BCUT2D eigenvalue weighted by molar-refractivity contribution is 9.10. The van der Waals surface area contributed by atoms with Gasteiger partial charge >= 0.3 is 0 Å². The molecule has 7 heteroatoms. The van der Waals surface area contributed by atoms with E-state index in [9.17, 15) is 0 Å². The van der Waals surface area contributed by atoms with Crippen molar-refractivity contribution < 1.29 is 4.74 Å². The van der Waals surface area contributed by atoms with E-state index in [1.807, 2.05) is 4.68 Å². The van der Waals surface area contributed by atoms with Crippen LogP contribution in [0.5, 0.6) is 0 Å². The van der Waals surface area contributed by atoms with E-state index in [-0.39, 0.29) is 6.04 Å². The van der Waals surface area contributed by atoms with E-state index in [1.54, 1.807) is 36.4 Å². The van der Waals surface area contributed by atoms with Crippen molar-refractivity contribution in [1.82, 2.24) is 14.8 Å². The predicted molar refractivity (Wildman–Crippen MR) is 69.9 cm³/mol. The Balaban J connectivity index is 2.27. The van der Waals surface area contributed by atoms with Crippen molar-refractivity contribution in [2.45, 2.75) is 12.6 Å². The molecule has 0 spiro atoms. The Morgan fingerprint density at radius 2 is 2.41 bits per heavy atom. The van der Waals surface area contributed by atoms with Gasteiger partial charge in [0.25, 0.3) is 0 Å². The van der Waals surface area contributed by atoms with E-state index in [1.165, 1.54) is 0 Å². The summed E-state index contributed by atoms with van der Waals surface area (Å²) in [6, 6.07) is -0.212. The third-order valence-electron chi connectivity index (χ3n) is 2.39. The minimum Gasteiger partial charge on any atom is -0.383 e. The van der Waals surface area contributed by atoms with Crippen LogP contribution in [0.15, 0.2) is 22.4 Å². The molecule has 1 atom stereocenters. The van der Waals surface area contributed by atoms with Crippen LogP contribution in [0, 0.1) is 0 Å². The molecule has 17 heavy (non-hydrogen) atoms. The number of hydrogen-bond donors (Lipinski definition) is 1. The summed E-state index contributed by atoms with van der Waals surface area (Å²) in [5.74, 6) is 0. The Labute approximate surface area is 112 Å². The number of halogens is 1. The molecule has 0 aliphatic heterocycles. The fraction of sp³-hybridized carbons (Fsp3) is 0.400. The molecule has 2 aromatic rings. The number of hydrogen-bond acceptors (Lipinski definition) is 5. The van der Waals surface area contributed by atoms with Gasteiger partial charge in [0.2, 0.25) is 0 Å². The smallest absolute Gasteiger partial charge is 0.0844 e. The van der Waals surface area contributed by atoms with Gasteiger partial charge < -0.3 is 10.5 Å². The van der Waals surface area contributed by atoms with Crippen LogP contribution in [0.2, 0.25) is 0 Å². The molecule has 2 N–H and O–H groups in total. The molecule has 0 bridgehead atoms. The molecule has 2 rings (SSSR count). The van der Waals surface area contributed by atoms with Gasteiger partial charge in [0.1, 0.15) is 0 Å². The highest BCUT2D eigenvalue weighted by Gasteiger charge is 2.19. The van der Waals surface area contributed by atoms with Crippen molar-refractivity contribution in [2.75, 3.05) is 13.7 Å². The molecule has 0 saturated carbocycles. The summed E-state index contributed by atoms with van der Waals surface area (Å²) in [4.78, 5) is 5.06. The molecular formula is C10H13BrN4OS. The van der Waals surface area contributed by atoms with E-state index in [0.717, 1.165) is 15.0 Å². The van der Waals surface area contributed by atoms with E-state index in [2.05, 4.69) is 26.0 Å². The summed E-state index contributed by atoms with van der Waals surface area (Å²) in [6.45, 7) is 1.29. The molecule has 2 heterocycles. The summed E-state index contributed by atoms with van der Waals surface area (Å²) >= 11 is 5.02. The summed E-state index contributed by atoms with van der Waals surface area (Å²) in [5, 5.41) is 4.28. The molecular weight excluding hydrogens is 304 g/mol. The number of methoxy groups -OCH3 is 1. The second-order valence-electron chi connectivity index (χ2n) is 3.48. The fourth-order valence-corrected chi connectivity index (χ4v) is 2.72. The first-order valence-corrected chi connectivity index (χ1v) is 6.75. The maximum Gasteiger partial charge on any atom is 0.0844 e. The number of nitrogens with zero attached hydrogens (tertiary/aromatic N) is 3. The Kier molecular flexibility index (Phi) is 4.27. The molecule has 0 aliphatic carbocycles. The highest BCUT2D eigenvalue weighted by atomic mass is 79.9. The second-order valence-corrected chi connectivity index (χ2v) is 5.25. The molecule has 2 aromatic heterocycles. The molecule has 0 radical (unpaired) electrons. The van der Waals surface area contributed by atoms with E-state index < -0.39 is 0 Å². The van der Waals surface area contributed by atoms with Crippen molar-refractivity contribution >= 4 is 27.3 Å². The zero-order valence-corrected chi connectivity index (χ0v) is 11.7. The molecule has 1 unspecified atom stereocenters. The maximum atomic E-state index is 6.22. The summed E-state index contributed by atoms with van der Waals surface area (Å²) in [5.41, 5.74) is 8.94. The van der Waals surface area contributed by atoms with Crippen molar-refractivity contribution in [3.63, 3.8) is 0 Å². The lowest BCUT2D eigenvalue weighted by atomic mass is 10.2. The SMILES string of the molecule is COCCn1ncc(Br)c1C(N)c1cncs1. The molecule has 0 amide bonds. The predicted octanol–water partition coefficient (Wildman–Crippen LogP) is 1.80. The normalized spacial score (nSPS) is 12.9. The van der Waals surface area contributed by atoms with E-state index in [4.69, 9.17) is 10.5 Å².